The molecule has 33 heavy (non-hydrogen) atoms. The minimum Gasteiger partial charge on any atom is -0.497 e. The Labute approximate surface area is 205 Å². The molecule has 2 aromatic rings. The number of fused-ring (bicyclic) bond motifs is 1. The Bertz CT molecular complexity index is 971. The van der Waals surface area contributed by atoms with Crippen LogP contribution in [0.25, 0.3) is 10.9 Å². The summed E-state index contributed by atoms with van der Waals surface area (Å²) in [5.74, 6) is 1.71. The summed E-state index contributed by atoms with van der Waals surface area (Å²) < 4.78 is 5.38. The monoisotopic (exact) mass is 491 g/mol. The molecule has 1 aliphatic carbocycles. The molecule has 1 saturated carbocycles. The van der Waals surface area contributed by atoms with Crippen molar-refractivity contribution in [1.29, 1.82) is 0 Å². The van der Waals surface area contributed by atoms with Gasteiger partial charge in [0.1, 0.15) is 5.75 Å². The molecule has 1 aromatic carbocycles. The van der Waals surface area contributed by atoms with E-state index in [0.717, 1.165) is 72.1 Å². The van der Waals surface area contributed by atoms with Crippen molar-refractivity contribution >= 4 is 40.2 Å². The van der Waals surface area contributed by atoms with Crippen LogP contribution in [-0.4, -0.2) is 58.7 Å². The zero-order chi connectivity index (χ0) is 23.4. The normalized spacial score (nSPS) is 22.4. The van der Waals surface area contributed by atoms with Gasteiger partial charge in [0.25, 0.3) is 0 Å². The third-order valence-electron chi connectivity index (χ3n) is 6.99. The lowest BCUT2D eigenvalue weighted by Gasteiger charge is -2.38. The number of hydrogen-bond donors (Lipinski definition) is 2. The van der Waals surface area contributed by atoms with E-state index in [1.54, 1.807) is 13.3 Å². The molecule has 2 heterocycles. The molecule has 0 radical (unpaired) electrons. The number of benzene rings is 1. The van der Waals surface area contributed by atoms with Crippen LogP contribution in [0.5, 0.6) is 5.75 Å². The number of piperidine rings is 1. The largest absolute Gasteiger partial charge is 0.497 e. The highest BCUT2D eigenvalue weighted by Gasteiger charge is 2.31. The van der Waals surface area contributed by atoms with Gasteiger partial charge in [-0.2, -0.15) is 11.8 Å². The number of nitrogens with zero attached hydrogens (tertiary/aromatic N) is 2. The van der Waals surface area contributed by atoms with Crippen LogP contribution in [0, 0.1) is 11.8 Å². The third-order valence-corrected chi connectivity index (χ3v) is 8.65. The van der Waals surface area contributed by atoms with Gasteiger partial charge in [-0.05, 0) is 74.2 Å². The summed E-state index contributed by atoms with van der Waals surface area (Å²) in [4.78, 5) is 18.4. The lowest BCUT2D eigenvalue weighted by Crippen LogP contribution is -2.42. The summed E-state index contributed by atoms with van der Waals surface area (Å²) in [7, 11) is 1.64. The molecule has 3 N–H and O–H groups in total. The standard InChI is InChI=1S/C25H34ClN3O3S/c1-32-18-3-7-23-20(13-18)25(21(26)14-28-23)22(27)6-2-16-8-9-29(10-11-33-19-4-5-19)15-17(16)12-24(30)31/h3,7,13-14,16-17,19,22H,2,4-6,8-12,15,27H2,1H3,(H,30,31)/t16?,17?,22-/m1/s1. The molecule has 2 aliphatic rings. The van der Waals surface area contributed by atoms with Gasteiger partial charge in [0.15, 0.2) is 0 Å². The molecule has 0 amide bonds. The van der Waals surface area contributed by atoms with E-state index < -0.39 is 5.97 Å². The quantitative estimate of drug-likeness (QED) is 0.458. The maximum absolute atomic E-state index is 11.6. The van der Waals surface area contributed by atoms with Crippen molar-refractivity contribution in [1.82, 2.24) is 9.88 Å². The van der Waals surface area contributed by atoms with Gasteiger partial charge in [-0.3, -0.25) is 9.78 Å². The Hall–Kier alpha value is -1.54. The Morgan fingerprint density at radius 1 is 1.36 bits per heavy atom. The number of nitrogens with two attached hydrogens (primary N) is 1. The van der Waals surface area contributed by atoms with Crippen LogP contribution in [-0.2, 0) is 4.79 Å². The first-order valence-corrected chi connectivity index (χ1v) is 13.3. The van der Waals surface area contributed by atoms with Crippen LogP contribution in [0.15, 0.2) is 24.4 Å². The van der Waals surface area contributed by atoms with Crippen molar-refractivity contribution in [2.75, 3.05) is 32.5 Å². The number of hydrogen-bond acceptors (Lipinski definition) is 6. The van der Waals surface area contributed by atoms with E-state index in [1.807, 2.05) is 18.2 Å². The maximum atomic E-state index is 11.6. The van der Waals surface area contributed by atoms with Crippen molar-refractivity contribution < 1.29 is 14.6 Å². The van der Waals surface area contributed by atoms with Crippen molar-refractivity contribution in [3.05, 3.63) is 35.0 Å². The molecule has 1 aliphatic heterocycles. The Morgan fingerprint density at radius 3 is 2.91 bits per heavy atom. The van der Waals surface area contributed by atoms with Crippen LogP contribution >= 0.6 is 23.4 Å². The first kappa shape index (κ1) is 24.6. The molecule has 6 nitrogen and oxygen atoms in total. The van der Waals surface area contributed by atoms with E-state index in [-0.39, 0.29) is 18.4 Å². The van der Waals surface area contributed by atoms with Gasteiger partial charge in [0.2, 0.25) is 0 Å². The Balaban J connectivity index is 1.40. The van der Waals surface area contributed by atoms with E-state index in [9.17, 15) is 9.90 Å². The van der Waals surface area contributed by atoms with E-state index in [2.05, 4.69) is 21.6 Å². The van der Waals surface area contributed by atoms with E-state index in [0.29, 0.717) is 10.9 Å². The fraction of sp³-hybridized carbons (Fsp3) is 0.600. The number of likely N-dealkylation sites (tertiary alicyclic amines) is 1. The number of rotatable bonds is 11. The number of aromatic nitrogens is 1. The molecule has 1 saturated heterocycles. The van der Waals surface area contributed by atoms with Gasteiger partial charge in [0, 0.05) is 48.1 Å². The van der Waals surface area contributed by atoms with Gasteiger partial charge in [0.05, 0.1) is 17.6 Å². The van der Waals surface area contributed by atoms with E-state index in [4.69, 9.17) is 22.1 Å². The first-order chi connectivity index (χ1) is 15.9. The van der Waals surface area contributed by atoms with Crippen LogP contribution in [0.4, 0.5) is 0 Å². The molecular formula is C25H34ClN3O3S. The number of aliphatic carboxylic acids is 1. The molecule has 0 bridgehead atoms. The molecule has 2 fully saturated rings. The predicted octanol–water partition coefficient (Wildman–Crippen LogP) is 4.99. The number of methoxy groups -OCH3 is 1. The summed E-state index contributed by atoms with van der Waals surface area (Å²) in [5.41, 5.74) is 8.40. The van der Waals surface area contributed by atoms with Crippen LogP contribution < -0.4 is 10.5 Å². The highest BCUT2D eigenvalue weighted by Crippen LogP contribution is 2.37. The number of pyridine rings is 1. The van der Waals surface area contributed by atoms with E-state index in [1.165, 1.54) is 12.8 Å². The topological polar surface area (TPSA) is 88.7 Å². The summed E-state index contributed by atoms with van der Waals surface area (Å²) in [6, 6.07) is 5.50. The Morgan fingerprint density at radius 2 is 2.18 bits per heavy atom. The van der Waals surface area contributed by atoms with Crippen molar-refractivity contribution in [2.45, 2.75) is 49.8 Å². The fourth-order valence-electron chi connectivity index (χ4n) is 4.99. The van der Waals surface area contributed by atoms with Gasteiger partial charge in [-0.1, -0.05) is 11.6 Å². The summed E-state index contributed by atoms with van der Waals surface area (Å²) in [6.07, 6.45) is 7.29. The maximum Gasteiger partial charge on any atom is 0.303 e. The minimum atomic E-state index is -0.709. The van der Waals surface area contributed by atoms with Crippen LogP contribution in [0.1, 0.15) is 50.1 Å². The average Bonchev–Trinajstić information content (AvgIpc) is 3.62. The number of ether oxygens (including phenoxy) is 1. The van der Waals surface area contributed by atoms with Gasteiger partial charge in [-0.25, -0.2) is 0 Å². The highest BCUT2D eigenvalue weighted by atomic mass is 35.5. The van der Waals surface area contributed by atoms with Crippen LogP contribution in [0.3, 0.4) is 0 Å². The Kier molecular flexibility index (Phi) is 8.38. The second kappa shape index (κ2) is 11.3. The number of carboxylic acid groups (broad SMARTS) is 1. The average molecular weight is 492 g/mol. The molecule has 2 unspecified atom stereocenters. The minimum absolute atomic E-state index is 0.166. The SMILES string of the molecule is COc1ccc2ncc(Cl)c([C@H](N)CCC3CCN(CCSC4CC4)CC3CC(=O)O)c2c1. The number of carboxylic acids is 1. The fourth-order valence-corrected chi connectivity index (χ4v) is 6.44. The van der Waals surface area contributed by atoms with Crippen molar-refractivity contribution in [3.8, 4) is 5.75 Å². The predicted molar refractivity (Wildman–Crippen MR) is 135 cm³/mol. The number of carbonyl (C=O) groups is 1. The number of halogens is 1. The molecule has 1 aromatic heterocycles. The summed E-state index contributed by atoms with van der Waals surface area (Å²) >= 11 is 8.60. The first-order valence-electron chi connectivity index (χ1n) is 11.9. The summed E-state index contributed by atoms with van der Waals surface area (Å²) in [6.45, 7) is 2.97. The molecular weight excluding hydrogens is 458 g/mol. The second-order valence-corrected chi connectivity index (χ2v) is 11.2. The van der Waals surface area contributed by atoms with Crippen molar-refractivity contribution in [2.24, 2.45) is 17.6 Å². The lowest BCUT2D eigenvalue weighted by molar-refractivity contribution is -0.139. The zero-order valence-corrected chi connectivity index (χ0v) is 20.8. The third kappa shape index (κ3) is 6.53. The van der Waals surface area contributed by atoms with Crippen LogP contribution in [0.2, 0.25) is 5.02 Å². The molecule has 3 atom stereocenters. The second-order valence-electron chi connectivity index (χ2n) is 9.36. The molecule has 180 valence electrons. The van der Waals surface area contributed by atoms with E-state index >= 15 is 0 Å². The number of thioether (sulfide) groups is 1. The lowest BCUT2D eigenvalue weighted by atomic mass is 9.79. The summed E-state index contributed by atoms with van der Waals surface area (Å²) in [5, 5.41) is 11.9. The molecule has 4 rings (SSSR count). The molecule has 8 heteroatoms. The zero-order valence-electron chi connectivity index (χ0n) is 19.2. The smallest absolute Gasteiger partial charge is 0.303 e. The van der Waals surface area contributed by atoms with Gasteiger partial charge in [-0.15, -0.1) is 0 Å². The highest BCUT2D eigenvalue weighted by molar-refractivity contribution is 8.00. The van der Waals surface area contributed by atoms with Gasteiger partial charge < -0.3 is 20.5 Å². The molecule has 0 spiro atoms. The van der Waals surface area contributed by atoms with Crippen molar-refractivity contribution in [3.63, 3.8) is 0 Å². The van der Waals surface area contributed by atoms with Gasteiger partial charge >= 0.3 is 5.97 Å².